The highest BCUT2D eigenvalue weighted by atomic mass is 15.2. The molecular formula is C17H19N. The molecule has 0 radical (unpaired) electrons. The Labute approximate surface area is 109 Å². The van der Waals surface area contributed by atoms with Gasteiger partial charge in [-0.05, 0) is 31.1 Å². The molecule has 1 fully saturated rings. The highest BCUT2D eigenvalue weighted by molar-refractivity contribution is 5.29. The summed E-state index contributed by atoms with van der Waals surface area (Å²) in [6, 6.07) is 22.3. The summed E-state index contributed by atoms with van der Waals surface area (Å²) in [5.74, 6) is 0.624. The molecule has 0 N–H and O–H groups in total. The van der Waals surface area contributed by atoms with Crippen LogP contribution in [0.1, 0.15) is 29.5 Å². The van der Waals surface area contributed by atoms with Crippen molar-refractivity contribution in [3.8, 4) is 0 Å². The average molecular weight is 237 g/mol. The lowest BCUT2D eigenvalue weighted by molar-refractivity contribution is 0.304. The minimum absolute atomic E-state index is 0.522. The zero-order valence-electron chi connectivity index (χ0n) is 10.8. The zero-order valence-corrected chi connectivity index (χ0v) is 10.8. The van der Waals surface area contributed by atoms with E-state index >= 15 is 0 Å². The second kappa shape index (κ2) is 4.95. The number of nitrogens with zero attached hydrogens (tertiary/aromatic N) is 1. The fourth-order valence-electron chi connectivity index (χ4n) is 3.13. The standard InChI is InChI=1S/C17H19N/c1-18-13-12-16(14-8-4-2-5-9-14)17(18)15-10-6-3-7-11-15/h2-11,16-17H,12-13H2,1H3/t16-,17-/m1/s1. The first-order valence-corrected chi connectivity index (χ1v) is 6.66. The van der Waals surface area contributed by atoms with Crippen LogP contribution in [-0.2, 0) is 0 Å². The molecule has 1 aliphatic rings. The van der Waals surface area contributed by atoms with Gasteiger partial charge in [-0.1, -0.05) is 60.7 Å². The highest BCUT2D eigenvalue weighted by Gasteiger charge is 2.33. The van der Waals surface area contributed by atoms with Crippen LogP contribution >= 0.6 is 0 Å². The maximum Gasteiger partial charge on any atom is 0.0414 e. The van der Waals surface area contributed by atoms with Crippen LogP contribution in [0.5, 0.6) is 0 Å². The molecule has 18 heavy (non-hydrogen) atoms. The van der Waals surface area contributed by atoms with Gasteiger partial charge in [0.15, 0.2) is 0 Å². The minimum Gasteiger partial charge on any atom is -0.299 e. The third kappa shape index (κ3) is 2.06. The van der Waals surface area contributed by atoms with Gasteiger partial charge in [-0.25, -0.2) is 0 Å². The van der Waals surface area contributed by atoms with Crippen LogP contribution in [0, 0.1) is 0 Å². The summed E-state index contributed by atoms with van der Waals surface area (Å²) in [7, 11) is 2.24. The van der Waals surface area contributed by atoms with E-state index in [-0.39, 0.29) is 0 Å². The van der Waals surface area contributed by atoms with Crippen LogP contribution < -0.4 is 0 Å². The molecule has 0 spiro atoms. The summed E-state index contributed by atoms with van der Waals surface area (Å²) in [5, 5.41) is 0. The molecule has 0 unspecified atom stereocenters. The first-order valence-electron chi connectivity index (χ1n) is 6.66. The Hall–Kier alpha value is -1.60. The van der Waals surface area contributed by atoms with Gasteiger partial charge in [-0.2, -0.15) is 0 Å². The van der Waals surface area contributed by atoms with Crippen molar-refractivity contribution in [1.29, 1.82) is 0 Å². The largest absolute Gasteiger partial charge is 0.299 e. The number of hydrogen-bond acceptors (Lipinski definition) is 1. The smallest absolute Gasteiger partial charge is 0.0414 e. The molecule has 1 heteroatoms. The zero-order chi connectivity index (χ0) is 12.4. The Morgan fingerprint density at radius 1 is 0.833 bits per heavy atom. The number of likely N-dealkylation sites (tertiary alicyclic amines) is 1. The molecule has 0 aromatic heterocycles. The van der Waals surface area contributed by atoms with E-state index in [1.807, 2.05) is 0 Å². The van der Waals surface area contributed by atoms with Gasteiger partial charge in [-0.15, -0.1) is 0 Å². The highest BCUT2D eigenvalue weighted by Crippen LogP contribution is 2.42. The SMILES string of the molecule is CN1CC[C@H](c2ccccc2)[C@H]1c1ccccc1. The molecule has 0 saturated carbocycles. The third-order valence-electron chi connectivity index (χ3n) is 4.02. The predicted molar refractivity (Wildman–Crippen MR) is 75.6 cm³/mol. The van der Waals surface area contributed by atoms with E-state index in [1.165, 1.54) is 24.1 Å². The van der Waals surface area contributed by atoms with Gasteiger partial charge >= 0.3 is 0 Å². The molecule has 92 valence electrons. The van der Waals surface area contributed by atoms with E-state index in [9.17, 15) is 0 Å². The summed E-state index contributed by atoms with van der Waals surface area (Å²) in [5.41, 5.74) is 2.90. The second-order valence-electron chi connectivity index (χ2n) is 5.14. The van der Waals surface area contributed by atoms with E-state index in [1.54, 1.807) is 0 Å². The molecular weight excluding hydrogens is 218 g/mol. The number of hydrogen-bond donors (Lipinski definition) is 0. The van der Waals surface area contributed by atoms with Gasteiger partial charge in [0.25, 0.3) is 0 Å². The molecule has 0 aliphatic carbocycles. The van der Waals surface area contributed by atoms with Crippen molar-refractivity contribution in [2.75, 3.05) is 13.6 Å². The van der Waals surface area contributed by atoms with Gasteiger partial charge in [0.1, 0.15) is 0 Å². The first-order chi connectivity index (χ1) is 8.86. The molecule has 2 aromatic rings. The normalized spacial score (nSPS) is 24.3. The Balaban J connectivity index is 1.96. The molecule has 0 amide bonds. The van der Waals surface area contributed by atoms with E-state index in [2.05, 4.69) is 72.6 Å². The van der Waals surface area contributed by atoms with Crippen molar-refractivity contribution >= 4 is 0 Å². The second-order valence-corrected chi connectivity index (χ2v) is 5.14. The molecule has 1 nitrogen and oxygen atoms in total. The van der Waals surface area contributed by atoms with Crippen molar-refractivity contribution < 1.29 is 0 Å². The van der Waals surface area contributed by atoms with Gasteiger partial charge in [0.05, 0.1) is 0 Å². The average Bonchev–Trinajstić information content (AvgIpc) is 2.83. The molecule has 1 saturated heterocycles. The van der Waals surface area contributed by atoms with Crippen molar-refractivity contribution in [2.45, 2.75) is 18.4 Å². The monoisotopic (exact) mass is 237 g/mol. The number of benzene rings is 2. The molecule has 3 rings (SSSR count). The summed E-state index contributed by atoms with van der Waals surface area (Å²) < 4.78 is 0. The summed E-state index contributed by atoms with van der Waals surface area (Å²) in [4.78, 5) is 2.48. The van der Waals surface area contributed by atoms with Crippen molar-refractivity contribution in [3.63, 3.8) is 0 Å². The molecule has 2 atom stereocenters. The number of likely N-dealkylation sites (N-methyl/N-ethyl adjacent to an activating group) is 1. The Morgan fingerprint density at radius 2 is 1.39 bits per heavy atom. The van der Waals surface area contributed by atoms with Gasteiger partial charge in [0.2, 0.25) is 0 Å². The Morgan fingerprint density at radius 3 is 2.00 bits per heavy atom. The maximum atomic E-state index is 2.48. The van der Waals surface area contributed by atoms with Gasteiger partial charge in [-0.3, -0.25) is 4.90 Å². The van der Waals surface area contributed by atoms with Crippen LogP contribution in [-0.4, -0.2) is 18.5 Å². The van der Waals surface area contributed by atoms with Crippen LogP contribution in [0.25, 0.3) is 0 Å². The first kappa shape index (κ1) is 11.5. The van der Waals surface area contributed by atoms with E-state index in [4.69, 9.17) is 0 Å². The molecule has 1 aliphatic heterocycles. The quantitative estimate of drug-likeness (QED) is 0.767. The summed E-state index contributed by atoms with van der Waals surface area (Å²) in [6.07, 6.45) is 1.25. The van der Waals surface area contributed by atoms with Crippen LogP contribution in [0.2, 0.25) is 0 Å². The van der Waals surface area contributed by atoms with Crippen LogP contribution in [0.15, 0.2) is 60.7 Å². The van der Waals surface area contributed by atoms with Crippen LogP contribution in [0.4, 0.5) is 0 Å². The third-order valence-corrected chi connectivity index (χ3v) is 4.02. The minimum atomic E-state index is 0.522. The Kier molecular flexibility index (Phi) is 3.16. The lowest BCUT2D eigenvalue weighted by Crippen LogP contribution is -2.20. The summed E-state index contributed by atoms with van der Waals surface area (Å²) >= 11 is 0. The van der Waals surface area contributed by atoms with E-state index < -0.39 is 0 Å². The van der Waals surface area contributed by atoms with Gasteiger partial charge in [0, 0.05) is 12.0 Å². The molecule has 2 aromatic carbocycles. The van der Waals surface area contributed by atoms with Gasteiger partial charge < -0.3 is 0 Å². The predicted octanol–water partition coefficient (Wildman–Crippen LogP) is 3.85. The molecule has 0 bridgehead atoms. The number of rotatable bonds is 2. The fourth-order valence-corrected chi connectivity index (χ4v) is 3.13. The maximum absolute atomic E-state index is 2.48. The Bertz CT molecular complexity index is 492. The van der Waals surface area contributed by atoms with E-state index in [0.717, 1.165) is 0 Å². The van der Waals surface area contributed by atoms with Crippen molar-refractivity contribution in [1.82, 2.24) is 4.90 Å². The lowest BCUT2D eigenvalue weighted by atomic mass is 9.88. The summed E-state index contributed by atoms with van der Waals surface area (Å²) in [6.45, 7) is 1.18. The fraction of sp³-hybridized carbons (Fsp3) is 0.294. The topological polar surface area (TPSA) is 3.24 Å². The van der Waals surface area contributed by atoms with Crippen molar-refractivity contribution in [2.24, 2.45) is 0 Å². The van der Waals surface area contributed by atoms with Crippen LogP contribution in [0.3, 0.4) is 0 Å². The van der Waals surface area contributed by atoms with Crippen molar-refractivity contribution in [3.05, 3.63) is 71.8 Å². The molecule has 1 heterocycles. The van der Waals surface area contributed by atoms with E-state index in [0.29, 0.717) is 12.0 Å². The lowest BCUT2D eigenvalue weighted by Gasteiger charge is -2.25.